The molecule has 0 spiro atoms. The average molecular weight is 369 g/mol. The van der Waals surface area contributed by atoms with Gasteiger partial charge in [0.25, 0.3) is 0 Å². The van der Waals surface area contributed by atoms with Gasteiger partial charge in [0.2, 0.25) is 15.9 Å². The van der Waals surface area contributed by atoms with Gasteiger partial charge in [-0.3, -0.25) is 4.79 Å². The third-order valence-electron chi connectivity index (χ3n) is 4.42. The lowest BCUT2D eigenvalue weighted by atomic mass is 9.97. The van der Waals surface area contributed by atoms with Crippen molar-refractivity contribution in [2.24, 2.45) is 5.92 Å². The smallest absolute Gasteiger partial charge is 0.243 e. The number of carbonyl (C=O) groups excluding carboxylic acids is 1. The largest absolute Gasteiger partial charge is 0.497 e. The van der Waals surface area contributed by atoms with Gasteiger partial charge >= 0.3 is 0 Å². The van der Waals surface area contributed by atoms with Crippen molar-refractivity contribution >= 4 is 15.9 Å². The van der Waals surface area contributed by atoms with Crippen LogP contribution in [0.1, 0.15) is 19.3 Å². The lowest BCUT2D eigenvalue weighted by Gasteiger charge is -2.30. The fourth-order valence-electron chi connectivity index (χ4n) is 2.88. The molecule has 1 amide bonds. The second-order valence-electron chi connectivity index (χ2n) is 6.10. The van der Waals surface area contributed by atoms with Gasteiger partial charge in [0.05, 0.1) is 12.0 Å². The molecule has 0 saturated carbocycles. The van der Waals surface area contributed by atoms with Crippen LogP contribution in [-0.2, 0) is 14.8 Å². The molecule has 1 saturated heterocycles. The van der Waals surface area contributed by atoms with Crippen molar-refractivity contribution in [3.8, 4) is 5.75 Å². The Morgan fingerprint density at radius 3 is 2.40 bits per heavy atom. The molecule has 1 heterocycles. The van der Waals surface area contributed by atoms with E-state index in [-0.39, 0.29) is 16.7 Å². The summed E-state index contributed by atoms with van der Waals surface area (Å²) in [5.41, 5.74) is 0. The first kappa shape index (κ1) is 19.7. The summed E-state index contributed by atoms with van der Waals surface area (Å²) in [6.07, 6.45) is 1.98. The van der Waals surface area contributed by atoms with Crippen LogP contribution in [0.25, 0.3) is 0 Å². The molecule has 140 valence electrons. The predicted molar refractivity (Wildman–Crippen MR) is 96.0 cm³/mol. The normalized spacial score (nSPS) is 16.6. The van der Waals surface area contributed by atoms with Gasteiger partial charge in [-0.05, 0) is 57.1 Å². The minimum absolute atomic E-state index is 0.0256. The van der Waals surface area contributed by atoms with Crippen LogP contribution in [-0.4, -0.2) is 59.0 Å². The second-order valence-corrected chi connectivity index (χ2v) is 8.04. The molecule has 1 aromatic rings. The summed E-state index contributed by atoms with van der Waals surface area (Å²) < 4.78 is 31.9. The molecule has 1 aliphatic rings. The highest BCUT2D eigenvalue weighted by Gasteiger charge is 2.31. The number of sulfonamides is 1. The number of methoxy groups -OCH3 is 1. The van der Waals surface area contributed by atoms with Crippen molar-refractivity contribution in [1.29, 1.82) is 0 Å². The molecule has 0 atom stereocenters. The van der Waals surface area contributed by atoms with E-state index in [0.29, 0.717) is 38.2 Å². The summed E-state index contributed by atoms with van der Waals surface area (Å²) in [4.78, 5) is 12.4. The standard InChI is InChI=1S/C17H27N3O4S/c1-18-10-3-11-19-17(21)14-8-12-20(13-9-14)25(22,23)16-6-4-15(24-2)5-7-16/h4-7,14,18H,3,8-13H2,1-2H3,(H,19,21). The molecule has 0 aliphatic carbocycles. The molecule has 0 aromatic heterocycles. The van der Waals surface area contributed by atoms with Crippen molar-refractivity contribution in [2.45, 2.75) is 24.2 Å². The third kappa shape index (κ3) is 5.17. The average Bonchev–Trinajstić information content (AvgIpc) is 2.65. The van der Waals surface area contributed by atoms with E-state index in [1.165, 1.54) is 11.4 Å². The fraction of sp³-hybridized carbons (Fsp3) is 0.588. The summed E-state index contributed by atoms with van der Waals surface area (Å²) in [5.74, 6) is 0.530. The zero-order valence-electron chi connectivity index (χ0n) is 14.8. The first-order valence-electron chi connectivity index (χ1n) is 8.55. The van der Waals surface area contributed by atoms with Crippen LogP contribution in [0, 0.1) is 5.92 Å². The highest BCUT2D eigenvalue weighted by atomic mass is 32.2. The highest BCUT2D eigenvalue weighted by molar-refractivity contribution is 7.89. The van der Waals surface area contributed by atoms with Crippen LogP contribution in [0.5, 0.6) is 5.75 Å². The van der Waals surface area contributed by atoms with Gasteiger partial charge in [0, 0.05) is 25.6 Å². The first-order chi connectivity index (χ1) is 12.0. The van der Waals surface area contributed by atoms with Crippen molar-refractivity contribution in [3.63, 3.8) is 0 Å². The number of benzene rings is 1. The number of piperidine rings is 1. The van der Waals surface area contributed by atoms with E-state index in [1.54, 1.807) is 24.3 Å². The van der Waals surface area contributed by atoms with Gasteiger partial charge in [-0.15, -0.1) is 0 Å². The number of carbonyl (C=O) groups is 1. The Hall–Kier alpha value is -1.64. The Bertz CT molecular complexity index is 653. The summed E-state index contributed by atoms with van der Waals surface area (Å²) in [6.45, 7) is 2.23. The summed E-state index contributed by atoms with van der Waals surface area (Å²) >= 11 is 0. The minimum Gasteiger partial charge on any atom is -0.497 e. The third-order valence-corrected chi connectivity index (χ3v) is 6.34. The zero-order valence-corrected chi connectivity index (χ0v) is 15.6. The lowest BCUT2D eigenvalue weighted by molar-refractivity contribution is -0.126. The van der Waals surface area contributed by atoms with Crippen LogP contribution >= 0.6 is 0 Å². The van der Waals surface area contributed by atoms with Gasteiger partial charge in [0.1, 0.15) is 5.75 Å². The molecular weight excluding hydrogens is 342 g/mol. The molecule has 1 fully saturated rings. The van der Waals surface area contributed by atoms with E-state index in [2.05, 4.69) is 10.6 Å². The number of ether oxygens (including phenoxy) is 1. The van der Waals surface area contributed by atoms with Gasteiger partial charge in [-0.2, -0.15) is 4.31 Å². The van der Waals surface area contributed by atoms with Crippen molar-refractivity contribution in [2.75, 3.05) is 40.3 Å². The van der Waals surface area contributed by atoms with Gasteiger partial charge in [0.15, 0.2) is 0 Å². The van der Waals surface area contributed by atoms with Crippen molar-refractivity contribution < 1.29 is 17.9 Å². The molecule has 0 unspecified atom stereocenters. The number of nitrogens with one attached hydrogen (secondary N) is 2. The maximum absolute atomic E-state index is 12.7. The number of rotatable bonds is 8. The van der Waals surface area contributed by atoms with Gasteiger partial charge < -0.3 is 15.4 Å². The number of hydrogen-bond acceptors (Lipinski definition) is 5. The van der Waals surface area contributed by atoms with Crippen molar-refractivity contribution in [3.05, 3.63) is 24.3 Å². The number of hydrogen-bond donors (Lipinski definition) is 2. The quantitative estimate of drug-likeness (QED) is 0.663. The van der Waals surface area contributed by atoms with Crippen molar-refractivity contribution in [1.82, 2.24) is 14.9 Å². The lowest BCUT2D eigenvalue weighted by Crippen LogP contribution is -2.43. The van der Waals surface area contributed by atoms with Crippen LogP contribution in [0.2, 0.25) is 0 Å². The molecule has 2 N–H and O–H groups in total. The molecule has 2 rings (SSSR count). The second kappa shape index (κ2) is 9.17. The molecular formula is C17H27N3O4S. The molecule has 1 aliphatic heterocycles. The highest BCUT2D eigenvalue weighted by Crippen LogP contribution is 2.25. The molecule has 0 bridgehead atoms. The van der Waals surface area contributed by atoms with E-state index >= 15 is 0 Å². The Kier molecular flexibility index (Phi) is 7.22. The van der Waals surface area contributed by atoms with E-state index < -0.39 is 10.0 Å². The zero-order chi connectivity index (χ0) is 18.3. The van der Waals surface area contributed by atoms with E-state index in [9.17, 15) is 13.2 Å². The monoisotopic (exact) mass is 369 g/mol. The van der Waals surface area contributed by atoms with E-state index in [1.807, 2.05) is 7.05 Å². The molecule has 25 heavy (non-hydrogen) atoms. The van der Waals surface area contributed by atoms with Crippen LogP contribution in [0.15, 0.2) is 29.2 Å². The Labute approximate surface area is 149 Å². The SMILES string of the molecule is CNCCCNC(=O)C1CCN(S(=O)(=O)c2ccc(OC)cc2)CC1. The summed E-state index contributed by atoms with van der Waals surface area (Å²) in [5, 5.41) is 5.96. The Morgan fingerprint density at radius 1 is 1.20 bits per heavy atom. The number of amides is 1. The maximum Gasteiger partial charge on any atom is 0.243 e. The Balaban J connectivity index is 1.88. The van der Waals surface area contributed by atoms with Crippen LogP contribution < -0.4 is 15.4 Å². The fourth-order valence-corrected chi connectivity index (χ4v) is 4.35. The Morgan fingerprint density at radius 2 is 1.84 bits per heavy atom. The summed E-state index contributed by atoms with van der Waals surface area (Å²) in [6, 6.07) is 6.37. The molecule has 8 heteroatoms. The van der Waals surface area contributed by atoms with Gasteiger partial charge in [-0.1, -0.05) is 0 Å². The predicted octanol–water partition coefficient (Wildman–Crippen LogP) is 0.822. The van der Waals surface area contributed by atoms with Gasteiger partial charge in [-0.25, -0.2) is 8.42 Å². The minimum atomic E-state index is -3.52. The topological polar surface area (TPSA) is 87.7 Å². The summed E-state index contributed by atoms with van der Waals surface area (Å²) in [7, 11) is -0.107. The van der Waals surface area contributed by atoms with Crippen LogP contribution in [0.3, 0.4) is 0 Å². The van der Waals surface area contributed by atoms with Crippen LogP contribution in [0.4, 0.5) is 0 Å². The molecule has 1 aromatic carbocycles. The maximum atomic E-state index is 12.7. The first-order valence-corrected chi connectivity index (χ1v) is 9.99. The molecule has 7 nitrogen and oxygen atoms in total. The number of nitrogens with zero attached hydrogens (tertiary/aromatic N) is 1. The van der Waals surface area contributed by atoms with E-state index in [0.717, 1.165) is 13.0 Å². The van der Waals surface area contributed by atoms with E-state index in [4.69, 9.17) is 4.74 Å². The molecule has 0 radical (unpaired) electrons.